The van der Waals surface area contributed by atoms with Gasteiger partial charge in [-0.25, -0.2) is 4.79 Å². The van der Waals surface area contributed by atoms with E-state index in [1.54, 1.807) is 0 Å². The summed E-state index contributed by atoms with van der Waals surface area (Å²) in [6.45, 7) is 3.65. The lowest BCUT2D eigenvalue weighted by Crippen LogP contribution is -2.18. The predicted molar refractivity (Wildman–Crippen MR) is 53.6 cm³/mol. The van der Waals surface area contributed by atoms with E-state index in [0.717, 1.165) is 18.4 Å². The van der Waals surface area contributed by atoms with Crippen molar-refractivity contribution in [3.05, 3.63) is 48.0 Å². The molecule has 2 nitrogen and oxygen atoms in total. The molecular weight excluding hydrogens is 176 g/mol. The monoisotopic (exact) mass is 188 g/mol. The van der Waals surface area contributed by atoms with E-state index in [4.69, 9.17) is 4.74 Å². The standard InChI is InChI=1S/C12H12O2/c1-9-7-8-11(14-12(9)13)10-5-3-2-4-6-10/h2-6,11H,1,7-8H2. The van der Waals surface area contributed by atoms with Crippen molar-refractivity contribution in [3.8, 4) is 0 Å². The lowest BCUT2D eigenvalue weighted by atomic mass is 9.99. The molecule has 0 radical (unpaired) electrons. The second-order valence-corrected chi connectivity index (χ2v) is 3.45. The van der Waals surface area contributed by atoms with Crippen LogP contribution in [-0.4, -0.2) is 5.97 Å². The lowest BCUT2D eigenvalue weighted by molar-refractivity contribution is -0.148. The Bertz CT molecular complexity index is 354. The Morgan fingerprint density at radius 3 is 2.64 bits per heavy atom. The fourth-order valence-electron chi connectivity index (χ4n) is 1.58. The summed E-state index contributed by atoms with van der Waals surface area (Å²) in [5.74, 6) is -0.259. The Balaban J connectivity index is 2.14. The van der Waals surface area contributed by atoms with Gasteiger partial charge in [0, 0.05) is 5.57 Å². The van der Waals surface area contributed by atoms with Crippen LogP contribution in [-0.2, 0) is 9.53 Å². The van der Waals surface area contributed by atoms with E-state index in [0.29, 0.717) is 5.57 Å². The summed E-state index contributed by atoms with van der Waals surface area (Å²) >= 11 is 0. The molecule has 1 unspecified atom stereocenters. The van der Waals surface area contributed by atoms with E-state index in [2.05, 4.69) is 6.58 Å². The van der Waals surface area contributed by atoms with Crippen molar-refractivity contribution in [1.29, 1.82) is 0 Å². The number of carbonyl (C=O) groups is 1. The average molecular weight is 188 g/mol. The molecule has 1 saturated heterocycles. The summed E-state index contributed by atoms with van der Waals surface area (Å²) in [6, 6.07) is 9.81. The smallest absolute Gasteiger partial charge is 0.334 e. The summed E-state index contributed by atoms with van der Waals surface area (Å²) in [4.78, 5) is 11.3. The molecule has 1 aromatic carbocycles. The predicted octanol–water partition coefficient (Wildman–Crippen LogP) is 2.62. The number of hydrogen-bond acceptors (Lipinski definition) is 2. The maximum atomic E-state index is 11.3. The van der Waals surface area contributed by atoms with Gasteiger partial charge in [-0.05, 0) is 18.4 Å². The molecule has 0 N–H and O–H groups in total. The third-order valence-electron chi connectivity index (χ3n) is 2.42. The summed E-state index contributed by atoms with van der Waals surface area (Å²) in [7, 11) is 0. The van der Waals surface area contributed by atoms with Crippen molar-refractivity contribution in [2.75, 3.05) is 0 Å². The maximum absolute atomic E-state index is 11.3. The number of esters is 1. The first-order valence-electron chi connectivity index (χ1n) is 4.71. The third-order valence-corrected chi connectivity index (χ3v) is 2.42. The van der Waals surface area contributed by atoms with Crippen molar-refractivity contribution < 1.29 is 9.53 Å². The van der Waals surface area contributed by atoms with Gasteiger partial charge in [0.05, 0.1) is 0 Å². The Labute approximate surface area is 83.2 Å². The van der Waals surface area contributed by atoms with Crippen molar-refractivity contribution in [2.24, 2.45) is 0 Å². The number of hydrogen-bond donors (Lipinski definition) is 0. The number of ether oxygens (including phenoxy) is 1. The van der Waals surface area contributed by atoms with Crippen molar-refractivity contribution in [1.82, 2.24) is 0 Å². The molecule has 1 heterocycles. The molecule has 0 aliphatic carbocycles. The van der Waals surface area contributed by atoms with E-state index in [-0.39, 0.29) is 12.1 Å². The maximum Gasteiger partial charge on any atom is 0.334 e. The van der Waals surface area contributed by atoms with Crippen LogP contribution in [0, 0.1) is 0 Å². The minimum Gasteiger partial charge on any atom is -0.454 e. The largest absolute Gasteiger partial charge is 0.454 e. The van der Waals surface area contributed by atoms with E-state index in [9.17, 15) is 4.79 Å². The molecule has 1 aliphatic rings. The fourth-order valence-corrected chi connectivity index (χ4v) is 1.58. The Morgan fingerprint density at radius 2 is 2.00 bits per heavy atom. The second kappa shape index (κ2) is 3.66. The highest BCUT2D eigenvalue weighted by Crippen LogP contribution is 2.29. The number of cyclic esters (lactones) is 1. The molecule has 2 heteroatoms. The molecule has 14 heavy (non-hydrogen) atoms. The summed E-state index contributed by atoms with van der Waals surface area (Å²) < 4.78 is 5.25. The van der Waals surface area contributed by atoms with Gasteiger partial charge in [-0.2, -0.15) is 0 Å². The van der Waals surface area contributed by atoms with Gasteiger partial charge in [0.1, 0.15) is 6.10 Å². The highest BCUT2D eigenvalue weighted by molar-refractivity contribution is 5.88. The van der Waals surface area contributed by atoms with Crippen LogP contribution in [0.5, 0.6) is 0 Å². The lowest BCUT2D eigenvalue weighted by Gasteiger charge is -2.23. The molecule has 0 bridgehead atoms. The zero-order chi connectivity index (χ0) is 9.97. The fraction of sp³-hybridized carbons (Fsp3) is 0.250. The van der Waals surface area contributed by atoms with Crippen LogP contribution >= 0.6 is 0 Å². The van der Waals surface area contributed by atoms with E-state index in [1.165, 1.54) is 0 Å². The Morgan fingerprint density at radius 1 is 1.29 bits per heavy atom. The van der Waals surface area contributed by atoms with Gasteiger partial charge in [0.15, 0.2) is 0 Å². The molecule has 0 saturated carbocycles. The SMILES string of the molecule is C=C1CCC(c2ccccc2)OC1=O. The summed E-state index contributed by atoms with van der Waals surface area (Å²) in [5.41, 5.74) is 1.64. The van der Waals surface area contributed by atoms with Crippen LogP contribution in [0.25, 0.3) is 0 Å². The van der Waals surface area contributed by atoms with Crippen LogP contribution in [0.3, 0.4) is 0 Å². The second-order valence-electron chi connectivity index (χ2n) is 3.45. The first-order valence-corrected chi connectivity index (χ1v) is 4.71. The van der Waals surface area contributed by atoms with Gasteiger partial charge in [0.2, 0.25) is 0 Å². The quantitative estimate of drug-likeness (QED) is 0.500. The van der Waals surface area contributed by atoms with Gasteiger partial charge >= 0.3 is 5.97 Å². The Hall–Kier alpha value is -1.57. The third kappa shape index (κ3) is 1.69. The Kier molecular flexibility index (Phi) is 2.35. The summed E-state index contributed by atoms with van der Waals surface area (Å²) in [6.07, 6.45) is 1.49. The zero-order valence-corrected chi connectivity index (χ0v) is 7.90. The first kappa shape index (κ1) is 9.00. The van der Waals surface area contributed by atoms with Crippen LogP contribution in [0.2, 0.25) is 0 Å². The minimum atomic E-state index is -0.259. The van der Waals surface area contributed by atoms with Gasteiger partial charge < -0.3 is 4.74 Å². The molecule has 1 atom stereocenters. The van der Waals surface area contributed by atoms with Crippen LogP contribution in [0.4, 0.5) is 0 Å². The van der Waals surface area contributed by atoms with Gasteiger partial charge in [-0.1, -0.05) is 36.9 Å². The van der Waals surface area contributed by atoms with Gasteiger partial charge in [-0.15, -0.1) is 0 Å². The number of benzene rings is 1. The van der Waals surface area contributed by atoms with Crippen molar-refractivity contribution in [3.63, 3.8) is 0 Å². The molecule has 1 aromatic rings. The van der Waals surface area contributed by atoms with Gasteiger partial charge in [0.25, 0.3) is 0 Å². The highest BCUT2D eigenvalue weighted by atomic mass is 16.5. The molecule has 72 valence electrons. The highest BCUT2D eigenvalue weighted by Gasteiger charge is 2.24. The molecule has 0 amide bonds. The van der Waals surface area contributed by atoms with E-state index >= 15 is 0 Å². The van der Waals surface area contributed by atoms with E-state index < -0.39 is 0 Å². The first-order chi connectivity index (χ1) is 6.77. The van der Waals surface area contributed by atoms with Crippen LogP contribution in [0.1, 0.15) is 24.5 Å². The topological polar surface area (TPSA) is 26.3 Å². The van der Waals surface area contributed by atoms with Gasteiger partial charge in [-0.3, -0.25) is 0 Å². The minimum absolute atomic E-state index is 0.0887. The molecule has 0 aromatic heterocycles. The van der Waals surface area contributed by atoms with Crippen molar-refractivity contribution >= 4 is 5.97 Å². The van der Waals surface area contributed by atoms with Crippen LogP contribution in [0.15, 0.2) is 42.5 Å². The zero-order valence-electron chi connectivity index (χ0n) is 7.90. The molecule has 0 spiro atoms. The van der Waals surface area contributed by atoms with Crippen LogP contribution < -0.4 is 0 Å². The van der Waals surface area contributed by atoms with E-state index in [1.807, 2.05) is 30.3 Å². The molecule has 1 aliphatic heterocycles. The van der Waals surface area contributed by atoms with Crippen molar-refractivity contribution in [2.45, 2.75) is 18.9 Å². The number of carbonyl (C=O) groups excluding carboxylic acids is 1. The number of rotatable bonds is 1. The average Bonchev–Trinajstić information content (AvgIpc) is 2.23. The normalized spacial score (nSPS) is 21.9. The molecular formula is C12H12O2. The summed E-state index contributed by atoms with van der Waals surface area (Å²) in [5, 5.41) is 0. The molecule has 1 fully saturated rings. The molecule has 2 rings (SSSR count).